The Balaban J connectivity index is 2.31. The van der Waals surface area contributed by atoms with E-state index in [2.05, 4.69) is 29.1 Å². The average Bonchev–Trinajstić information content (AvgIpc) is 2.22. The van der Waals surface area contributed by atoms with Crippen LogP contribution in [0.15, 0.2) is 12.4 Å². The van der Waals surface area contributed by atoms with E-state index in [1.54, 1.807) is 12.4 Å². The van der Waals surface area contributed by atoms with E-state index in [0.29, 0.717) is 11.9 Å². The molecular formula is C10H18N4S. The molecule has 84 valence electrons. The number of anilines is 2. The smallest absolute Gasteiger partial charge is 0.144 e. The van der Waals surface area contributed by atoms with Crippen LogP contribution in [0.2, 0.25) is 0 Å². The number of nitrogens with zero attached hydrogens (tertiary/aromatic N) is 2. The molecule has 1 aromatic rings. The zero-order chi connectivity index (χ0) is 11.1. The highest BCUT2D eigenvalue weighted by molar-refractivity contribution is 7.99. The lowest BCUT2D eigenvalue weighted by Gasteiger charge is -2.13. The van der Waals surface area contributed by atoms with E-state index < -0.39 is 0 Å². The first-order chi connectivity index (χ1) is 7.22. The Morgan fingerprint density at radius 2 is 2.27 bits per heavy atom. The van der Waals surface area contributed by atoms with Gasteiger partial charge in [0.05, 0.1) is 12.4 Å². The van der Waals surface area contributed by atoms with Gasteiger partial charge in [-0.05, 0) is 24.9 Å². The van der Waals surface area contributed by atoms with Gasteiger partial charge in [-0.15, -0.1) is 0 Å². The van der Waals surface area contributed by atoms with Gasteiger partial charge in [0.15, 0.2) is 0 Å². The maximum Gasteiger partial charge on any atom is 0.144 e. The topological polar surface area (TPSA) is 63.8 Å². The molecule has 1 atom stereocenters. The molecule has 0 saturated carbocycles. The van der Waals surface area contributed by atoms with E-state index in [1.165, 1.54) is 11.5 Å². The van der Waals surface area contributed by atoms with Crippen LogP contribution in [-0.2, 0) is 0 Å². The molecule has 3 N–H and O–H groups in total. The van der Waals surface area contributed by atoms with Gasteiger partial charge in [-0.3, -0.25) is 0 Å². The zero-order valence-electron chi connectivity index (χ0n) is 9.23. The third-order valence-electron chi connectivity index (χ3n) is 1.97. The number of nitrogen functional groups attached to an aromatic ring is 1. The lowest BCUT2D eigenvalue weighted by molar-refractivity contribution is 0.765. The molecule has 0 aromatic carbocycles. The Hall–Kier alpha value is -0.970. The molecule has 1 heterocycles. The van der Waals surface area contributed by atoms with Crippen molar-refractivity contribution >= 4 is 23.4 Å². The summed E-state index contributed by atoms with van der Waals surface area (Å²) in [7, 11) is 0. The summed E-state index contributed by atoms with van der Waals surface area (Å²) < 4.78 is 0. The van der Waals surface area contributed by atoms with E-state index in [4.69, 9.17) is 5.73 Å². The predicted molar refractivity (Wildman–Crippen MR) is 67.1 cm³/mol. The van der Waals surface area contributed by atoms with E-state index in [-0.39, 0.29) is 0 Å². The van der Waals surface area contributed by atoms with Gasteiger partial charge in [-0.25, -0.2) is 9.97 Å². The number of thioether (sulfide) groups is 1. The van der Waals surface area contributed by atoms with Crippen LogP contribution in [0.4, 0.5) is 11.6 Å². The third-order valence-corrected chi connectivity index (χ3v) is 2.90. The van der Waals surface area contributed by atoms with Gasteiger partial charge in [0.2, 0.25) is 0 Å². The second-order valence-corrected chi connectivity index (χ2v) is 4.75. The van der Waals surface area contributed by atoms with Crippen LogP contribution in [0.25, 0.3) is 0 Å². The molecule has 1 unspecified atom stereocenters. The maximum atomic E-state index is 5.45. The number of nitrogens with one attached hydrogen (secondary N) is 1. The molecule has 0 spiro atoms. The molecule has 1 rings (SSSR count). The lowest BCUT2D eigenvalue weighted by atomic mass is 10.2. The van der Waals surface area contributed by atoms with Crippen molar-refractivity contribution in [1.29, 1.82) is 0 Å². The first-order valence-electron chi connectivity index (χ1n) is 5.14. The van der Waals surface area contributed by atoms with Crippen molar-refractivity contribution in [2.75, 3.05) is 22.6 Å². The zero-order valence-corrected chi connectivity index (χ0v) is 10.0. The summed E-state index contributed by atoms with van der Waals surface area (Å²) in [6, 6.07) is 0.418. The molecule has 0 saturated heterocycles. The summed E-state index contributed by atoms with van der Waals surface area (Å²) in [6.45, 7) is 4.32. The van der Waals surface area contributed by atoms with Crippen molar-refractivity contribution in [1.82, 2.24) is 9.97 Å². The summed E-state index contributed by atoms with van der Waals surface area (Å²) >= 11 is 1.95. The Morgan fingerprint density at radius 3 is 2.87 bits per heavy atom. The Labute approximate surface area is 95.1 Å². The van der Waals surface area contributed by atoms with E-state index >= 15 is 0 Å². The summed E-state index contributed by atoms with van der Waals surface area (Å²) in [6.07, 6.45) is 4.36. The van der Waals surface area contributed by atoms with Gasteiger partial charge >= 0.3 is 0 Å². The molecule has 0 fully saturated rings. The second-order valence-electron chi connectivity index (χ2n) is 3.36. The average molecular weight is 226 g/mol. The van der Waals surface area contributed by atoms with Crippen LogP contribution in [0.1, 0.15) is 20.3 Å². The molecule has 0 aliphatic heterocycles. The molecule has 0 amide bonds. The number of nitrogens with two attached hydrogens (primary N) is 1. The molecule has 5 heteroatoms. The third kappa shape index (κ3) is 4.88. The molecule has 0 aliphatic carbocycles. The van der Waals surface area contributed by atoms with Crippen molar-refractivity contribution in [2.24, 2.45) is 0 Å². The molecule has 0 radical (unpaired) electrons. The summed E-state index contributed by atoms with van der Waals surface area (Å²) in [5, 5.41) is 3.29. The standard InChI is InChI=1S/C10H18N4S/c1-3-15-5-4-8(2)14-10-7-12-9(11)6-13-10/h6-8H,3-5H2,1-2H3,(H2,11,12)(H,13,14). The molecular weight excluding hydrogens is 208 g/mol. The van der Waals surface area contributed by atoms with Crippen molar-refractivity contribution < 1.29 is 0 Å². The number of rotatable bonds is 6. The molecule has 4 nitrogen and oxygen atoms in total. The fourth-order valence-electron chi connectivity index (χ4n) is 1.14. The number of hydrogen-bond donors (Lipinski definition) is 2. The van der Waals surface area contributed by atoms with Gasteiger partial charge in [0.25, 0.3) is 0 Å². The highest BCUT2D eigenvalue weighted by atomic mass is 32.2. The first-order valence-corrected chi connectivity index (χ1v) is 6.29. The van der Waals surface area contributed by atoms with Crippen LogP contribution < -0.4 is 11.1 Å². The highest BCUT2D eigenvalue weighted by Gasteiger charge is 2.02. The van der Waals surface area contributed by atoms with Crippen LogP contribution in [0, 0.1) is 0 Å². The minimum atomic E-state index is 0.418. The summed E-state index contributed by atoms with van der Waals surface area (Å²) in [5.41, 5.74) is 5.45. The summed E-state index contributed by atoms with van der Waals surface area (Å²) in [5.74, 6) is 3.59. The summed E-state index contributed by atoms with van der Waals surface area (Å²) in [4.78, 5) is 8.12. The van der Waals surface area contributed by atoms with Crippen molar-refractivity contribution in [3.05, 3.63) is 12.4 Å². The van der Waals surface area contributed by atoms with Gasteiger partial charge in [0, 0.05) is 6.04 Å². The predicted octanol–water partition coefficient (Wildman–Crippen LogP) is 2.00. The van der Waals surface area contributed by atoms with Crippen LogP contribution in [0.3, 0.4) is 0 Å². The number of aromatic nitrogens is 2. The Morgan fingerprint density at radius 1 is 1.47 bits per heavy atom. The quantitative estimate of drug-likeness (QED) is 0.726. The van der Waals surface area contributed by atoms with E-state index in [1.807, 2.05) is 11.8 Å². The largest absolute Gasteiger partial charge is 0.382 e. The monoisotopic (exact) mass is 226 g/mol. The first kappa shape index (κ1) is 12.1. The molecule has 15 heavy (non-hydrogen) atoms. The minimum absolute atomic E-state index is 0.418. The fraction of sp³-hybridized carbons (Fsp3) is 0.600. The van der Waals surface area contributed by atoms with Gasteiger partial charge in [0.1, 0.15) is 11.6 Å². The van der Waals surface area contributed by atoms with E-state index in [0.717, 1.165) is 12.2 Å². The van der Waals surface area contributed by atoms with Crippen molar-refractivity contribution in [2.45, 2.75) is 26.3 Å². The van der Waals surface area contributed by atoms with Gasteiger partial charge in [-0.1, -0.05) is 6.92 Å². The number of hydrogen-bond acceptors (Lipinski definition) is 5. The lowest BCUT2D eigenvalue weighted by Crippen LogP contribution is -2.17. The molecule has 0 aliphatic rings. The van der Waals surface area contributed by atoms with E-state index in [9.17, 15) is 0 Å². The molecule has 0 bridgehead atoms. The SMILES string of the molecule is CCSCCC(C)Nc1cnc(N)cn1. The van der Waals surface area contributed by atoms with Crippen LogP contribution >= 0.6 is 11.8 Å². The van der Waals surface area contributed by atoms with Crippen LogP contribution in [-0.4, -0.2) is 27.5 Å². The maximum absolute atomic E-state index is 5.45. The van der Waals surface area contributed by atoms with Gasteiger partial charge < -0.3 is 11.1 Å². The highest BCUT2D eigenvalue weighted by Crippen LogP contribution is 2.09. The van der Waals surface area contributed by atoms with Gasteiger partial charge in [-0.2, -0.15) is 11.8 Å². The van der Waals surface area contributed by atoms with Crippen LogP contribution in [0.5, 0.6) is 0 Å². The normalized spacial score (nSPS) is 12.4. The van der Waals surface area contributed by atoms with Crippen molar-refractivity contribution in [3.8, 4) is 0 Å². The minimum Gasteiger partial charge on any atom is -0.382 e. The molecule has 1 aromatic heterocycles. The Kier molecular flexibility index (Phi) is 5.25. The second kappa shape index (κ2) is 6.50. The van der Waals surface area contributed by atoms with Crippen molar-refractivity contribution in [3.63, 3.8) is 0 Å². The fourth-order valence-corrected chi connectivity index (χ4v) is 1.95. The Bertz CT molecular complexity index is 275.